The third-order valence-electron chi connectivity index (χ3n) is 5.87. The van der Waals surface area contributed by atoms with Gasteiger partial charge < -0.3 is 5.32 Å². The zero-order chi connectivity index (χ0) is 20.9. The van der Waals surface area contributed by atoms with Crippen molar-refractivity contribution in [2.24, 2.45) is 5.92 Å². The maximum absolute atomic E-state index is 12.9. The van der Waals surface area contributed by atoms with Gasteiger partial charge in [-0.25, -0.2) is 0 Å². The van der Waals surface area contributed by atoms with Crippen LogP contribution in [0.1, 0.15) is 40.7 Å². The molecule has 1 N–H and O–H groups in total. The molecule has 1 saturated heterocycles. The molecule has 0 spiro atoms. The van der Waals surface area contributed by atoms with Gasteiger partial charge in [0.1, 0.15) is 0 Å². The average molecular weight is 405 g/mol. The molecular formula is C24H27N3O3. The Bertz CT molecular complexity index is 903. The summed E-state index contributed by atoms with van der Waals surface area (Å²) in [5, 5.41) is 5.96. The minimum absolute atomic E-state index is 0.0203. The van der Waals surface area contributed by atoms with Crippen LogP contribution in [0.25, 0.3) is 0 Å². The summed E-state index contributed by atoms with van der Waals surface area (Å²) in [6, 6.07) is 17.3. The topological polar surface area (TPSA) is 69.7 Å². The Balaban J connectivity index is 1.26. The lowest BCUT2D eigenvalue weighted by atomic mass is 10.0. The van der Waals surface area contributed by atoms with Gasteiger partial charge in [-0.1, -0.05) is 42.5 Å². The molecule has 0 radical (unpaired) electrons. The van der Waals surface area contributed by atoms with E-state index in [2.05, 4.69) is 17.4 Å². The Hall–Kier alpha value is -3.15. The second-order valence-corrected chi connectivity index (χ2v) is 8.01. The van der Waals surface area contributed by atoms with E-state index in [1.165, 1.54) is 11.1 Å². The Morgan fingerprint density at radius 3 is 2.10 bits per heavy atom. The van der Waals surface area contributed by atoms with Crippen molar-refractivity contribution in [2.75, 3.05) is 19.6 Å². The summed E-state index contributed by atoms with van der Waals surface area (Å²) in [5.41, 5.74) is 3.23. The molecule has 0 atom stereocenters. The maximum atomic E-state index is 12.9. The second kappa shape index (κ2) is 9.11. The summed E-state index contributed by atoms with van der Waals surface area (Å²) < 4.78 is 0. The van der Waals surface area contributed by atoms with E-state index < -0.39 is 0 Å². The summed E-state index contributed by atoms with van der Waals surface area (Å²) in [7, 11) is 0. The molecule has 1 heterocycles. The molecule has 6 heteroatoms. The molecule has 2 aromatic carbocycles. The summed E-state index contributed by atoms with van der Waals surface area (Å²) in [5.74, 6) is 0.00654. The van der Waals surface area contributed by atoms with Crippen molar-refractivity contribution in [3.05, 3.63) is 71.3 Å². The van der Waals surface area contributed by atoms with Crippen LogP contribution in [0.2, 0.25) is 0 Å². The standard InChI is InChI=1S/C24H27N3O3/c28-22(11-12-25-24(30)19-7-2-1-3-8-19)26-13-6-14-27(26)23(29)17-18-15-20-9-4-5-10-21(20)16-18/h1-5,7-10,18H,6,11-17H2,(H,25,30). The zero-order valence-electron chi connectivity index (χ0n) is 17.0. The summed E-state index contributed by atoms with van der Waals surface area (Å²) >= 11 is 0. The molecule has 1 fully saturated rings. The van der Waals surface area contributed by atoms with Crippen LogP contribution in [0.4, 0.5) is 0 Å². The van der Waals surface area contributed by atoms with Gasteiger partial charge in [0.25, 0.3) is 5.91 Å². The largest absolute Gasteiger partial charge is 0.352 e. The molecule has 4 rings (SSSR count). The summed E-state index contributed by atoms with van der Waals surface area (Å²) in [6.07, 6.45) is 3.28. The van der Waals surface area contributed by atoms with Crippen LogP contribution in [0.5, 0.6) is 0 Å². The van der Waals surface area contributed by atoms with E-state index in [9.17, 15) is 14.4 Å². The molecule has 1 aliphatic carbocycles. The normalized spacial score (nSPS) is 15.9. The van der Waals surface area contributed by atoms with Gasteiger partial charge in [0.15, 0.2) is 0 Å². The van der Waals surface area contributed by atoms with E-state index in [1.54, 1.807) is 34.3 Å². The molecule has 2 aliphatic rings. The number of nitrogens with zero attached hydrogens (tertiary/aromatic N) is 2. The van der Waals surface area contributed by atoms with Crippen molar-refractivity contribution < 1.29 is 14.4 Å². The Morgan fingerprint density at radius 1 is 0.833 bits per heavy atom. The molecule has 3 amide bonds. The minimum Gasteiger partial charge on any atom is -0.352 e. The van der Waals surface area contributed by atoms with Gasteiger partial charge in [0.05, 0.1) is 0 Å². The Morgan fingerprint density at radius 2 is 1.43 bits per heavy atom. The first-order chi connectivity index (χ1) is 14.6. The smallest absolute Gasteiger partial charge is 0.251 e. The minimum atomic E-state index is -0.196. The number of carbonyl (C=O) groups excluding carboxylic acids is 3. The highest BCUT2D eigenvalue weighted by atomic mass is 16.2. The van der Waals surface area contributed by atoms with E-state index in [4.69, 9.17) is 0 Å². The lowest BCUT2D eigenvalue weighted by Crippen LogP contribution is -2.46. The van der Waals surface area contributed by atoms with Crippen LogP contribution in [-0.4, -0.2) is 47.4 Å². The van der Waals surface area contributed by atoms with E-state index in [1.807, 2.05) is 18.2 Å². The molecule has 1 aliphatic heterocycles. The van der Waals surface area contributed by atoms with E-state index in [-0.39, 0.29) is 30.7 Å². The van der Waals surface area contributed by atoms with Crippen LogP contribution in [0.3, 0.4) is 0 Å². The highest BCUT2D eigenvalue weighted by molar-refractivity contribution is 5.94. The van der Waals surface area contributed by atoms with Gasteiger partial charge in [-0.3, -0.25) is 24.4 Å². The van der Waals surface area contributed by atoms with E-state index in [0.29, 0.717) is 31.0 Å². The number of hydrogen-bond donors (Lipinski definition) is 1. The molecule has 0 saturated carbocycles. The average Bonchev–Trinajstić information content (AvgIpc) is 3.41. The van der Waals surface area contributed by atoms with Crippen LogP contribution >= 0.6 is 0 Å². The SMILES string of the molecule is O=C(NCCC(=O)N1CCCN1C(=O)CC1Cc2ccccc2C1)c1ccccc1. The first kappa shape index (κ1) is 20.1. The third kappa shape index (κ3) is 4.53. The fraction of sp³-hybridized carbons (Fsp3) is 0.375. The molecule has 0 aromatic heterocycles. The second-order valence-electron chi connectivity index (χ2n) is 8.01. The number of nitrogens with one attached hydrogen (secondary N) is 1. The zero-order valence-corrected chi connectivity index (χ0v) is 17.0. The number of hydrogen-bond acceptors (Lipinski definition) is 3. The molecule has 2 aromatic rings. The quantitative estimate of drug-likeness (QED) is 0.803. The van der Waals surface area contributed by atoms with E-state index in [0.717, 1.165) is 19.3 Å². The molecule has 30 heavy (non-hydrogen) atoms. The number of carbonyl (C=O) groups is 3. The third-order valence-corrected chi connectivity index (χ3v) is 5.87. The van der Waals surface area contributed by atoms with Crippen molar-refractivity contribution in [1.82, 2.24) is 15.3 Å². The van der Waals surface area contributed by atoms with Crippen LogP contribution in [0, 0.1) is 5.92 Å². The van der Waals surface area contributed by atoms with Crippen LogP contribution < -0.4 is 5.32 Å². The van der Waals surface area contributed by atoms with Crippen molar-refractivity contribution in [2.45, 2.75) is 32.1 Å². The van der Waals surface area contributed by atoms with Crippen molar-refractivity contribution in [1.29, 1.82) is 0 Å². The van der Waals surface area contributed by atoms with Gasteiger partial charge in [-0.05, 0) is 48.4 Å². The van der Waals surface area contributed by atoms with Crippen molar-refractivity contribution in [3.8, 4) is 0 Å². The van der Waals surface area contributed by atoms with Crippen LogP contribution in [-0.2, 0) is 22.4 Å². The molecular weight excluding hydrogens is 378 g/mol. The predicted octanol–water partition coefficient (Wildman–Crippen LogP) is 2.59. The first-order valence-corrected chi connectivity index (χ1v) is 10.6. The van der Waals surface area contributed by atoms with Crippen molar-refractivity contribution >= 4 is 17.7 Å². The van der Waals surface area contributed by atoms with Gasteiger partial charge >= 0.3 is 0 Å². The highest BCUT2D eigenvalue weighted by Gasteiger charge is 2.32. The van der Waals surface area contributed by atoms with Crippen molar-refractivity contribution in [3.63, 3.8) is 0 Å². The summed E-state index contributed by atoms with van der Waals surface area (Å²) in [4.78, 5) is 37.7. The number of hydrazine groups is 1. The first-order valence-electron chi connectivity index (χ1n) is 10.6. The monoisotopic (exact) mass is 405 g/mol. The molecule has 0 bridgehead atoms. The predicted molar refractivity (Wildman–Crippen MR) is 113 cm³/mol. The number of benzene rings is 2. The fourth-order valence-corrected chi connectivity index (χ4v) is 4.38. The van der Waals surface area contributed by atoms with Gasteiger partial charge in [0, 0.05) is 38.0 Å². The fourth-order valence-electron chi connectivity index (χ4n) is 4.38. The van der Waals surface area contributed by atoms with Gasteiger partial charge in [-0.15, -0.1) is 0 Å². The summed E-state index contributed by atoms with van der Waals surface area (Å²) in [6.45, 7) is 1.39. The Labute approximate surface area is 176 Å². The Kier molecular flexibility index (Phi) is 6.12. The van der Waals surface area contributed by atoms with E-state index >= 15 is 0 Å². The molecule has 0 unspecified atom stereocenters. The lowest BCUT2D eigenvalue weighted by Gasteiger charge is -2.29. The number of fused-ring (bicyclic) bond motifs is 1. The number of rotatable bonds is 6. The number of amides is 3. The highest BCUT2D eigenvalue weighted by Crippen LogP contribution is 2.29. The molecule has 6 nitrogen and oxygen atoms in total. The van der Waals surface area contributed by atoms with Gasteiger partial charge in [0.2, 0.25) is 11.8 Å². The van der Waals surface area contributed by atoms with Gasteiger partial charge in [-0.2, -0.15) is 0 Å². The lowest BCUT2D eigenvalue weighted by molar-refractivity contribution is -0.158. The molecule has 156 valence electrons. The maximum Gasteiger partial charge on any atom is 0.251 e. The van der Waals surface area contributed by atoms with Crippen LogP contribution in [0.15, 0.2) is 54.6 Å².